The van der Waals surface area contributed by atoms with Crippen LogP contribution in [0.2, 0.25) is 10.0 Å². The van der Waals surface area contributed by atoms with Gasteiger partial charge in [0.1, 0.15) is 5.75 Å². The summed E-state index contributed by atoms with van der Waals surface area (Å²) < 4.78 is 5.40. The molecule has 8 heteroatoms. The van der Waals surface area contributed by atoms with Gasteiger partial charge in [0.2, 0.25) is 0 Å². The van der Waals surface area contributed by atoms with Crippen molar-refractivity contribution < 1.29 is 14.6 Å². The molecule has 1 fully saturated rings. The number of halogens is 2. The molecule has 0 aliphatic carbocycles. The molecule has 37 heavy (non-hydrogen) atoms. The number of hydrogen-bond donors (Lipinski definition) is 1. The Labute approximate surface area is 233 Å². The van der Waals surface area contributed by atoms with Crippen molar-refractivity contribution in [3.05, 3.63) is 64.3 Å². The Morgan fingerprint density at radius 1 is 1.16 bits per heavy atom. The van der Waals surface area contributed by atoms with Gasteiger partial charge in [-0.15, -0.1) is 11.8 Å². The lowest BCUT2D eigenvalue weighted by Gasteiger charge is -2.38. The molecule has 3 aromatic rings. The molecule has 2 aromatic carbocycles. The van der Waals surface area contributed by atoms with Gasteiger partial charge in [0.25, 0.3) is 0 Å². The number of carboxylic acid groups (broad SMARTS) is 1. The number of pyridine rings is 1. The standard InChI is InChI=1S/C29H34Cl2N2O3S/c1-36-23-9-10-27-24(18-23)21(11-13-32-27)6-2-5-20-12-15-33(19-22(20)17-28(34)35)14-4-16-37-29-25(30)7-3-8-26(29)31/h3,7-11,13,18,20,22H,2,4-6,12,14-17,19H2,1H3,(H,34,35)/t20-,22+/m1/s1. The van der Waals surface area contributed by atoms with Crippen molar-refractivity contribution in [1.29, 1.82) is 0 Å². The van der Waals surface area contributed by atoms with Gasteiger partial charge < -0.3 is 14.7 Å². The minimum absolute atomic E-state index is 0.186. The normalized spacial score (nSPS) is 18.2. The maximum atomic E-state index is 11.6. The average molecular weight is 562 g/mol. The number of aryl methyl sites for hydroxylation is 1. The summed E-state index contributed by atoms with van der Waals surface area (Å²) >= 11 is 14.3. The molecular formula is C29H34Cl2N2O3S. The molecule has 4 rings (SSSR count). The first-order valence-electron chi connectivity index (χ1n) is 12.9. The first-order valence-corrected chi connectivity index (χ1v) is 14.6. The number of piperidine rings is 1. The van der Waals surface area contributed by atoms with Gasteiger partial charge in [-0.1, -0.05) is 29.3 Å². The predicted octanol–water partition coefficient (Wildman–Crippen LogP) is 7.47. The van der Waals surface area contributed by atoms with Gasteiger partial charge in [-0.25, -0.2) is 0 Å². The van der Waals surface area contributed by atoms with Gasteiger partial charge in [-0.05, 0) is 105 Å². The number of thioether (sulfide) groups is 1. The SMILES string of the molecule is COc1ccc2nccc(CCC[C@@H]3CCN(CCCSc4c(Cl)cccc4Cl)C[C@@H]3CC(=O)O)c2c1. The molecule has 1 saturated heterocycles. The quantitative estimate of drug-likeness (QED) is 0.183. The van der Waals surface area contributed by atoms with Crippen molar-refractivity contribution in [2.24, 2.45) is 11.8 Å². The topological polar surface area (TPSA) is 62.7 Å². The van der Waals surface area contributed by atoms with E-state index in [1.807, 2.05) is 36.5 Å². The number of benzene rings is 2. The number of nitrogens with zero attached hydrogens (tertiary/aromatic N) is 2. The molecule has 1 aromatic heterocycles. The Hall–Kier alpha value is -1.99. The molecule has 1 aliphatic heterocycles. The molecule has 198 valence electrons. The van der Waals surface area contributed by atoms with Gasteiger partial charge in [0, 0.05) is 29.4 Å². The van der Waals surface area contributed by atoms with Crippen LogP contribution in [0.3, 0.4) is 0 Å². The third-order valence-corrected chi connectivity index (χ3v) is 9.33. The molecule has 2 atom stereocenters. The lowest BCUT2D eigenvalue weighted by atomic mass is 9.80. The fraction of sp³-hybridized carbons (Fsp3) is 0.448. The third-order valence-electron chi connectivity index (χ3n) is 7.26. The Bertz CT molecular complexity index is 1190. The second-order valence-electron chi connectivity index (χ2n) is 9.71. The zero-order chi connectivity index (χ0) is 26.2. The van der Waals surface area contributed by atoms with Crippen LogP contribution in [0.25, 0.3) is 10.9 Å². The largest absolute Gasteiger partial charge is 0.497 e. The molecule has 1 N–H and O–H groups in total. The second kappa shape index (κ2) is 13.7. The summed E-state index contributed by atoms with van der Waals surface area (Å²) in [7, 11) is 1.68. The summed E-state index contributed by atoms with van der Waals surface area (Å²) in [5, 5.41) is 12.1. The van der Waals surface area contributed by atoms with Gasteiger partial charge in [0.05, 0.1) is 22.7 Å². The molecule has 2 heterocycles. The molecule has 0 saturated carbocycles. The van der Waals surface area contributed by atoms with E-state index in [1.165, 1.54) is 5.56 Å². The summed E-state index contributed by atoms with van der Waals surface area (Å²) in [5.74, 6) is 1.69. The van der Waals surface area contributed by atoms with E-state index in [-0.39, 0.29) is 12.3 Å². The predicted molar refractivity (Wildman–Crippen MR) is 153 cm³/mol. The number of ether oxygens (including phenoxy) is 1. The van der Waals surface area contributed by atoms with E-state index in [4.69, 9.17) is 27.9 Å². The van der Waals surface area contributed by atoms with E-state index in [0.29, 0.717) is 16.0 Å². The first kappa shape index (κ1) is 28.0. The highest BCUT2D eigenvalue weighted by atomic mass is 35.5. The Balaban J connectivity index is 1.28. The molecular weight excluding hydrogens is 527 g/mol. The third kappa shape index (κ3) is 7.76. The number of fused-ring (bicyclic) bond motifs is 1. The zero-order valence-corrected chi connectivity index (χ0v) is 23.5. The lowest BCUT2D eigenvalue weighted by Crippen LogP contribution is -2.41. The molecule has 0 spiro atoms. The Morgan fingerprint density at radius 3 is 2.73 bits per heavy atom. The average Bonchev–Trinajstić information content (AvgIpc) is 2.88. The molecule has 5 nitrogen and oxygen atoms in total. The van der Waals surface area contributed by atoms with Gasteiger partial charge in [0.15, 0.2) is 0 Å². The number of carbonyl (C=O) groups is 1. The number of aromatic nitrogens is 1. The summed E-state index contributed by atoms with van der Waals surface area (Å²) in [4.78, 5) is 19.5. The fourth-order valence-electron chi connectivity index (χ4n) is 5.36. The highest BCUT2D eigenvalue weighted by molar-refractivity contribution is 7.99. The van der Waals surface area contributed by atoms with Crippen LogP contribution in [-0.2, 0) is 11.2 Å². The van der Waals surface area contributed by atoms with E-state index in [0.717, 1.165) is 79.0 Å². The Kier molecular flexibility index (Phi) is 10.4. The van der Waals surface area contributed by atoms with E-state index in [2.05, 4.69) is 22.0 Å². The van der Waals surface area contributed by atoms with Crippen LogP contribution in [0.5, 0.6) is 5.75 Å². The van der Waals surface area contributed by atoms with Crippen LogP contribution in [0.15, 0.2) is 53.6 Å². The highest BCUT2D eigenvalue weighted by Gasteiger charge is 2.30. The molecule has 0 amide bonds. The smallest absolute Gasteiger partial charge is 0.303 e. The van der Waals surface area contributed by atoms with Crippen molar-refractivity contribution in [2.45, 2.75) is 43.4 Å². The number of likely N-dealkylation sites (tertiary alicyclic amines) is 1. The van der Waals surface area contributed by atoms with Crippen LogP contribution in [0.1, 0.15) is 37.7 Å². The van der Waals surface area contributed by atoms with Crippen molar-refractivity contribution in [3.8, 4) is 5.75 Å². The van der Waals surface area contributed by atoms with Crippen molar-refractivity contribution in [2.75, 3.05) is 32.5 Å². The second-order valence-corrected chi connectivity index (χ2v) is 11.6. The summed E-state index contributed by atoms with van der Waals surface area (Å²) in [5.41, 5.74) is 2.25. The van der Waals surface area contributed by atoms with E-state index >= 15 is 0 Å². The van der Waals surface area contributed by atoms with Crippen LogP contribution >= 0.6 is 35.0 Å². The van der Waals surface area contributed by atoms with Gasteiger partial charge in [-0.2, -0.15) is 0 Å². The first-order chi connectivity index (χ1) is 17.9. The van der Waals surface area contributed by atoms with Gasteiger partial charge >= 0.3 is 5.97 Å². The molecule has 0 radical (unpaired) electrons. The van der Waals surface area contributed by atoms with Crippen LogP contribution in [0, 0.1) is 11.8 Å². The van der Waals surface area contributed by atoms with Crippen LogP contribution in [0.4, 0.5) is 0 Å². The fourth-order valence-corrected chi connectivity index (χ4v) is 6.97. The maximum absolute atomic E-state index is 11.6. The van der Waals surface area contributed by atoms with Crippen LogP contribution < -0.4 is 4.74 Å². The molecule has 0 unspecified atom stereocenters. The maximum Gasteiger partial charge on any atom is 0.303 e. The monoisotopic (exact) mass is 560 g/mol. The summed E-state index contributed by atoms with van der Waals surface area (Å²) in [6, 6.07) is 13.7. The molecule has 0 bridgehead atoms. The number of aliphatic carboxylic acids is 1. The number of rotatable bonds is 12. The van der Waals surface area contributed by atoms with Crippen molar-refractivity contribution in [1.82, 2.24) is 9.88 Å². The van der Waals surface area contributed by atoms with E-state index in [1.54, 1.807) is 18.9 Å². The molecule has 1 aliphatic rings. The minimum atomic E-state index is -0.701. The highest BCUT2D eigenvalue weighted by Crippen LogP contribution is 2.35. The van der Waals surface area contributed by atoms with E-state index < -0.39 is 5.97 Å². The van der Waals surface area contributed by atoms with Crippen LogP contribution in [-0.4, -0.2) is 53.5 Å². The Morgan fingerprint density at radius 2 is 1.97 bits per heavy atom. The van der Waals surface area contributed by atoms with Crippen molar-refractivity contribution >= 4 is 51.8 Å². The lowest BCUT2D eigenvalue weighted by molar-refractivity contribution is -0.139. The zero-order valence-electron chi connectivity index (χ0n) is 21.2. The minimum Gasteiger partial charge on any atom is -0.497 e. The summed E-state index contributed by atoms with van der Waals surface area (Å²) in [6.45, 7) is 2.83. The number of hydrogen-bond acceptors (Lipinski definition) is 5. The van der Waals surface area contributed by atoms with Crippen molar-refractivity contribution in [3.63, 3.8) is 0 Å². The number of methoxy groups -OCH3 is 1. The number of carboxylic acids is 1. The van der Waals surface area contributed by atoms with E-state index in [9.17, 15) is 9.90 Å². The summed E-state index contributed by atoms with van der Waals surface area (Å²) in [6.07, 6.45) is 7.19. The van der Waals surface area contributed by atoms with Gasteiger partial charge in [-0.3, -0.25) is 9.78 Å².